The molecule has 0 spiro atoms. The Balaban J connectivity index is 1.74. The van der Waals surface area contributed by atoms with E-state index in [1.807, 2.05) is 4.90 Å². The van der Waals surface area contributed by atoms with Crippen LogP contribution >= 0.6 is 11.6 Å². The van der Waals surface area contributed by atoms with E-state index in [-0.39, 0.29) is 5.91 Å². The summed E-state index contributed by atoms with van der Waals surface area (Å²) >= 11 is 5.97. The number of likely N-dealkylation sites (tertiary alicyclic amines) is 1. The maximum Gasteiger partial charge on any atom is 0.266 e. The predicted octanol–water partition coefficient (Wildman–Crippen LogP) is 1.91. The molecule has 1 aliphatic rings. The minimum absolute atomic E-state index is 0.0135. The minimum Gasteiger partial charge on any atom is -0.382 e. The monoisotopic (exact) mass is 308 g/mol. The standard InChI is InChI=1S/C14H17ClN4O2/c1-10(14(20)18-7-3-2-4-8-18)21-19-13-9-11(15)5-6-12(13)16-17-19/h5-6,9-10H,2-4,7-8H2,1H3/t10-/m0/s1. The first-order chi connectivity index (χ1) is 10.1. The summed E-state index contributed by atoms with van der Waals surface area (Å²) in [6.45, 7) is 3.34. The first-order valence-corrected chi connectivity index (χ1v) is 7.50. The van der Waals surface area contributed by atoms with Crippen LogP contribution in [0, 0.1) is 0 Å². The van der Waals surface area contributed by atoms with Crippen LogP contribution in [0.2, 0.25) is 5.02 Å². The predicted molar refractivity (Wildman–Crippen MR) is 79.0 cm³/mol. The van der Waals surface area contributed by atoms with Crippen molar-refractivity contribution in [2.45, 2.75) is 32.3 Å². The summed E-state index contributed by atoms with van der Waals surface area (Å²) < 4.78 is 0. The number of carbonyl (C=O) groups is 1. The SMILES string of the molecule is C[C@H](On1nnc2ccc(Cl)cc21)C(=O)N1CCCCC1. The number of rotatable bonds is 3. The Morgan fingerprint density at radius 1 is 1.33 bits per heavy atom. The fourth-order valence-electron chi connectivity index (χ4n) is 2.52. The lowest BCUT2D eigenvalue weighted by Crippen LogP contribution is -2.45. The highest BCUT2D eigenvalue weighted by Gasteiger charge is 2.24. The van der Waals surface area contributed by atoms with Crippen LogP contribution < -0.4 is 4.84 Å². The first-order valence-electron chi connectivity index (χ1n) is 7.12. The highest BCUT2D eigenvalue weighted by Crippen LogP contribution is 2.17. The first kappa shape index (κ1) is 14.1. The number of hydrogen-bond acceptors (Lipinski definition) is 4. The van der Waals surface area contributed by atoms with Crippen molar-refractivity contribution >= 4 is 28.5 Å². The average Bonchev–Trinajstić information content (AvgIpc) is 2.89. The summed E-state index contributed by atoms with van der Waals surface area (Å²) in [5, 5.41) is 8.48. The van der Waals surface area contributed by atoms with Crippen LogP contribution in [0.1, 0.15) is 26.2 Å². The fraction of sp³-hybridized carbons (Fsp3) is 0.500. The van der Waals surface area contributed by atoms with Gasteiger partial charge < -0.3 is 9.74 Å². The summed E-state index contributed by atoms with van der Waals surface area (Å²) in [7, 11) is 0. The molecule has 1 fully saturated rings. The molecule has 112 valence electrons. The van der Waals surface area contributed by atoms with Crippen LogP contribution in [0.4, 0.5) is 0 Å². The molecular formula is C14H17ClN4O2. The van der Waals surface area contributed by atoms with E-state index in [4.69, 9.17) is 16.4 Å². The number of benzene rings is 1. The molecule has 0 saturated carbocycles. The van der Waals surface area contributed by atoms with Crippen LogP contribution in [0.3, 0.4) is 0 Å². The highest BCUT2D eigenvalue weighted by molar-refractivity contribution is 6.31. The summed E-state index contributed by atoms with van der Waals surface area (Å²) in [5.41, 5.74) is 1.33. The Labute approximate surface area is 127 Å². The highest BCUT2D eigenvalue weighted by atomic mass is 35.5. The van der Waals surface area contributed by atoms with Gasteiger partial charge in [-0.15, -0.1) is 5.10 Å². The van der Waals surface area contributed by atoms with E-state index in [9.17, 15) is 4.79 Å². The van der Waals surface area contributed by atoms with Gasteiger partial charge in [-0.05, 0) is 49.6 Å². The van der Waals surface area contributed by atoms with Gasteiger partial charge >= 0.3 is 0 Å². The quantitative estimate of drug-likeness (QED) is 0.869. The van der Waals surface area contributed by atoms with Gasteiger partial charge in [0.2, 0.25) is 6.10 Å². The fourth-order valence-corrected chi connectivity index (χ4v) is 2.68. The molecule has 2 aromatic rings. The van der Waals surface area contributed by atoms with Crippen molar-refractivity contribution in [2.75, 3.05) is 13.1 Å². The number of hydrogen-bond donors (Lipinski definition) is 0. The van der Waals surface area contributed by atoms with Crippen LogP contribution in [0.5, 0.6) is 0 Å². The molecule has 7 heteroatoms. The van der Waals surface area contributed by atoms with Crippen LogP contribution in [0.15, 0.2) is 18.2 Å². The third-order valence-electron chi connectivity index (χ3n) is 3.65. The molecule has 21 heavy (non-hydrogen) atoms. The number of piperidine rings is 1. The van der Waals surface area contributed by atoms with Crippen molar-refractivity contribution in [3.8, 4) is 0 Å². The Hall–Kier alpha value is -1.82. The zero-order chi connectivity index (χ0) is 14.8. The van der Waals surface area contributed by atoms with Gasteiger partial charge in [0.1, 0.15) is 11.0 Å². The van der Waals surface area contributed by atoms with Gasteiger partial charge in [-0.3, -0.25) is 4.79 Å². The Morgan fingerprint density at radius 3 is 2.86 bits per heavy atom. The lowest BCUT2D eigenvalue weighted by Gasteiger charge is -2.28. The molecule has 0 N–H and O–H groups in total. The van der Waals surface area contributed by atoms with E-state index < -0.39 is 6.10 Å². The molecule has 1 saturated heterocycles. The van der Waals surface area contributed by atoms with Crippen molar-refractivity contribution in [1.82, 2.24) is 20.1 Å². The van der Waals surface area contributed by atoms with Gasteiger partial charge in [-0.2, -0.15) is 0 Å². The van der Waals surface area contributed by atoms with Gasteiger partial charge in [0, 0.05) is 18.1 Å². The second-order valence-corrected chi connectivity index (χ2v) is 5.67. The molecular weight excluding hydrogens is 292 g/mol. The van der Waals surface area contributed by atoms with Crippen molar-refractivity contribution in [1.29, 1.82) is 0 Å². The Kier molecular flexibility index (Phi) is 3.96. The smallest absolute Gasteiger partial charge is 0.266 e. The third kappa shape index (κ3) is 2.95. The lowest BCUT2D eigenvalue weighted by atomic mass is 10.1. The number of amides is 1. The Morgan fingerprint density at radius 2 is 2.10 bits per heavy atom. The third-order valence-corrected chi connectivity index (χ3v) is 3.89. The van der Waals surface area contributed by atoms with E-state index in [0.717, 1.165) is 25.9 Å². The normalized spacial score (nSPS) is 17.0. The number of nitrogens with zero attached hydrogens (tertiary/aromatic N) is 4. The lowest BCUT2D eigenvalue weighted by molar-refractivity contribution is -0.144. The molecule has 1 aliphatic heterocycles. The zero-order valence-corrected chi connectivity index (χ0v) is 12.6. The maximum atomic E-state index is 12.3. The van der Waals surface area contributed by atoms with E-state index in [1.54, 1.807) is 25.1 Å². The van der Waals surface area contributed by atoms with Gasteiger partial charge in [0.05, 0.1) is 0 Å². The summed E-state index contributed by atoms with van der Waals surface area (Å²) in [5.74, 6) is -0.0135. The zero-order valence-electron chi connectivity index (χ0n) is 11.8. The van der Waals surface area contributed by atoms with Gasteiger partial charge in [-0.25, -0.2) is 0 Å². The van der Waals surface area contributed by atoms with E-state index in [0.29, 0.717) is 16.1 Å². The largest absolute Gasteiger partial charge is 0.382 e. The molecule has 1 aromatic carbocycles. The van der Waals surface area contributed by atoms with Gasteiger partial charge in [-0.1, -0.05) is 16.4 Å². The molecule has 1 amide bonds. The molecule has 0 aliphatic carbocycles. The molecule has 1 atom stereocenters. The molecule has 2 heterocycles. The van der Waals surface area contributed by atoms with Crippen molar-refractivity contribution in [3.63, 3.8) is 0 Å². The Bertz CT molecular complexity index is 651. The van der Waals surface area contributed by atoms with Gasteiger partial charge in [0.15, 0.2) is 0 Å². The summed E-state index contributed by atoms with van der Waals surface area (Å²) in [4.78, 5) is 21.1. The molecule has 0 bridgehead atoms. The summed E-state index contributed by atoms with van der Waals surface area (Å²) in [6.07, 6.45) is 2.69. The molecule has 6 nitrogen and oxygen atoms in total. The number of fused-ring (bicyclic) bond motifs is 1. The van der Waals surface area contributed by atoms with E-state index in [1.165, 1.54) is 11.3 Å². The van der Waals surface area contributed by atoms with Crippen molar-refractivity contribution < 1.29 is 9.63 Å². The van der Waals surface area contributed by atoms with Crippen LogP contribution in [-0.2, 0) is 4.79 Å². The molecule has 0 radical (unpaired) electrons. The van der Waals surface area contributed by atoms with E-state index >= 15 is 0 Å². The number of aromatic nitrogens is 3. The minimum atomic E-state index is -0.605. The second-order valence-electron chi connectivity index (χ2n) is 5.23. The number of carbonyl (C=O) groups excluding carboxylic acids is 1. The molecule has 1 aromatic heterocycles. The van der Waals surface area contributed by atoms with E-state index in [2.05, 4.69) is 10.3 Å². The number of halogens is 1. The van der Waals surface area contributed by atoms with Crippen molar-refractivity contribution in [2.24, 2.45) is 0 Å². The summed E-state index contributed by atoms with van der Waals surface area (Å²) in [6, 6.07) is 5.22. The topological polar surface area (TPSA) is 60.2 Å². The van der Waals surface area contributed by atoms with Crippen LogP contribution in [-0.4, -0.2) is 45.2 Å². The molecule has 0 unspecified atom stereocenters. The molecule has 3 rings (SSSR count). The van der Waals surface area contributed by atoms with Gasteiger partial charge in [0.25, 0.3) is 5.91 Å². The van der Waals surface area contributed by atoms with Crippen molar-refractivity contribution in [3.05, 3.63) is 23.2 Å². The maximum absolute atomic E-state index is 12.3. The van der Waals surface area contributed by atoms with Crippen LogP contribution in [0.25, 0.3) is 11.0 Å². The second kappa shape index (κ2) is 5.89. The average molecular weight is 309 g/mol.